The van der Waals surface area contributed by atoms with E-state index in [2.05, 4.69) is 10.4 Å². The predicted octanol–water partition coefficient (Wildman–Crippen LogP) is 3.43. The number of hydrogen-bond donors (Lipinski definition) is 2. The molecule has 0 aliphatic carbocycles. The van der Waals surface area contributed by atoms with Crippen molar-refractivity contribution in [1.82, 2.24) is 0 Å². The first-order chi connectivity index (χ1) is 13.2. The van der Waals surface area contributed by atoms with Gasteiger partial charge in [-0.1, -0.05) is 30.3 Å². The number of phenolic OH excluding ortho intramolecular Hbond substituents is 2. The number of rotatable bonds is 5. The van der Waals surface area contributed by atoms with Gasteiger partial charge in [0.15, 0.2) is 9.79 Å². The molecule has 3 rings (SSSR count). The molecule has 148 valence electrons. The molecule has 3 aromatic carbocycles. The molecule has 2 N–H and O–H groups in total. The molecule has 3 aromatic rings. The highest BCUT2D eigenvalue weighted by Gasteiger charge is 2.18. The Kier molecular flexibility index (Phi) is 7.89. The molecule has 28 heavy (non-hydrogen) atoms. The van der Waals surface area contributed by atoms with Crippen molar-refractivity contribution in [2.24, 2.45) is 0 Å². The molecule has 0 saturated heterocycles. The van der Waals surface area contributed by atoms with Crippen molar-refractivity contribution in [3.8, 4) is 11.5 Å². The largest absolute Gasteiger partial charge is 0.726 e. The van der Waals surface area contributed by atoms with E-state index in [9.17, 15) is 23.2 Å². The summed E-state index contributed by atoms with van der Waals surface area (Å²) >= 11 is 0. The van der Waals surface area contributed by atoms with Crippen LogP contribution in [0.4, 0.5) is 0 Å². The van der Waals surface area contributed by atoms with Gasteiger partial charge < -0.3 is 14.8 Å². The van der Waals surface area contributed by atoms with Gasteiger partial charge in [-0.25, -0.2) is 8.42 Å². The van der Waals surface area contributed by atoms with E-state index in [1.54, 1.807) is 54.6 Å². The summed E-state index contributed by atoms with van der Waals surface area (Å²) in [5.74, 6) is 0.568. The maximum absolute atomic E-state index is 10.0. The molecular weight excluding hydrogens is 400 g/mol. The Bertz CT molecular complexity index is 910. The lowest BCUT2D eigenvalue weighted by atomic mass is 10.2. The summed E-state index contributed by atoms with van der Waals surface area (Å²) in [6.45, 7) is -0.202. The molecule has 0 unspecified atom stereocenters. The van der Waals surface area contributed by atoms with Crippen LogP contribution in [0.3, 0.4) is 0 Å². The van der Waals surface area contributed by atoms with Crippen LogP contribution in [0.2, 0.25) is 0 Å². The Morgan fingerprint density at radius 3 is 1.64 bits per heavy atom. The zero-order valence-corrected chi connectivity index (χ0v) is 16.7. The van der Waals surface area contributed by atoms with Crippen LogP contribution in [0.25, 0.3) is 0 Å². The summed E-state index contributed by atoms with van der Waals surface area (Å²) < 4.78 is 34.1. The molecule has 0 aliphatic heterocycles. The maximum Gasteiger partial charge on any atom is 0.217 e. The van der Waals surface area contributed by atoms with E-state index in [1.807, 2.05) is 24.3 Å². The second kappa shape index (κ2) is 10.1. The molecule has 0 saturated carbocycles. The van der Waals surface area contributed by atoms with E-state index in [4.69, 9.17) is 0 Å². The zero-order valence-electron chi connectivity index (χ0n) is 15.1. The lowest BCUT2D eigenvalue weighted by molar-refractivity contribution is 0.253. The quantitative estimate of drug-likeness (QED) is 0.372. The third kappa shape index (κ3) is 7.61. The highest BCUT2D eigenvalue weighted by Crippen LogP contribution is 2.24. The second-order valence-corrected chi connectivity index (χ2v) is 8.67. The summed E-state index contributed by atoms with van der Waals surface area (Å²) in [6.07, 6.45) is 2.12. The number of benzene rings is 3. The third-order valence-electron chi connectivity index (χ3n) is 3.59. The molecule has 0 aromatic heterocycles. The second-order valence-electron chi connectivity index (χ2n) is 5.65. The highest BCUT2D eigenvalue weighted by molar-refractivity contribution is 7.96. The number of hydrogen-bond acceptors (Lipinski definition) is 6. The zero-order chi connectivity index (χ0) is 20.6. The van der Waals surface area contributed by atoms with Crippen molar-refractivity contribution in [2.75, 3.05) is 6.26 Å². The SMILES string of the molecule is C[S+](c1ccc(O)cc1)c1ccc(O)cc1.O=S(=O)([O-])OCc1ccccc1. The van der Waals surface area contributed by atoms with Crippen LogP contribution < -0.4 is 0 Å². The molecule has 0 bridgehead atoms. The monoisotopic (exact) mass is 420 g/mol. The summed E-state index contributed by atoms with van der Waals surface area (Å²) in [6, 6.07) is 23.1. The van der Waals surface area contributed by atoms with E-state index in [0.29, 0.717) is 5.56 Å². The van der Waals surface area contributed by atoms with Gasteiger partial charge >= 0.3 is 0 Å². The molecule has 8 heteroatoms. The van der Waals surface area contributed by atoms with Crippen molar-refractivity contribution in [1.29, 1.82) is 0 Å². The molecule has 0 fully saturated rings. The summed E-state index contributed by atoms with van der Waals surface area (Å²) in [5.41, 5.74) is 0.650. The van der Waals surface area contributed by atoms with Crippen LogP contribution in [-0.4, -0.2) is 29.4 Å². The standard InChI is InChI=1S/C13H12O2S.C7H8O4S/c1-16(12-6-2-10(14)3-7-12)13-8-4-11(15)5-9-13;8-12(9,10)11-6-7-4-2-1-3-5-7/h2-9H,1H3,(H-,14,15);1-5H,6H2,(H,8,9,10). The van der Waals surface area contributed by atoms with Crippen LogP contribution in [0.1, 0.15) is 5.56 Å². The van der Waals surface area contributed by atoms with Gasteiger partial charge in [0.1, 0.15) is 17.8 Å². The van der Waals surface area contributed by atoms with Crippen LogP contribution >= 0.6 is 0 Å². The van der Waals surface area contributed by atoms with E-state index >= 15 is 0 Å². The Labute approximate surface area is 167 Å². The summed E-state index contributed by atoms with van der Waals surface area (Å²) in [7, 11) is -4.61. The minimum absolute atomic E-state index is 0.0356. The Morgan fingerprint density at radius 1 is 0.821 bits per heavy atom. The lowest BCUT2D eigenvalue weighted by Crippen LogP contribution is -2.03. The van der Waals surface area contributed by atoms with Crippen molar-refractivity contribution >= 4 is 21.3 Å². The number of aromatic hydroxyl groups is 2. The fourth-order valence-electron chi connectivity index (χ4n) is 2.15. The number of phenols is 2. The Morgan fingerprint density at radius 2 is 1.25 bits per heavy atom. The Hall–Kier alpha value is -2.52. The van der Waals surface area contributed by atoms with E-state index < -0.39 is 10.4 Å². The van der Waals surface area contributed by atoms with Crippen molar-refractivity contribution in [2.45, 2.75) is 16.4 Å². The highest BCUT2D eigenvalue weighted by atomic mass is 32.3. The van der Waals surface area contributed by atoms with Crippen molar-refractivity contribution in [3.63, 3.8) is 0 Å². The van der Waals surface area contributed by atoms with E-state index in [0.717, 1.165) is 0 Å². The third-order valence-corrected chi connectivity index (χ3v) is 5.96. The summed E-state index contributed by atoms with van der Waals surface area (Å²) in [4.78, 5) is 2.34. The van der Waals surface area contributed by atoms with Crippen LogP contribution in [0.5, 0.6) is 11.5 Å². The summed E-state index contributed by atoms with van der Waals surface area (Å²) in [5, 5.41) is 18.4. The molecule has 0 spiro atoms. The molecule has 0 amide bonds. The van der Waals surface area contributed by atoms with Crippen LogP contribution in [0, 0.1) is 0 Å². The van der Waals surface area contributed by atoms with Crippen LogP contribution in [-0.2, 0) is 32.1 Å². The minimum atomic E-state index is -4.57. The fraction of sp³-hybridized carbons (Fsp3) is 0.100. The van der Waals surface area contributed by atoms with Crippen molar-refractivity contribution < 1.29 is 27.4 Å². The fourth-order valence-corrected chi connectivity index (χ4v) is 3.79. The van der Waals surface area contributed by atoms with Gasteiger partial charge in [-0.3, -0.25) is 4.18 Å². The molecule has 0 heterocycles. The first-order valence-electron chi connectivity index (χ1n) is 8.13. The Balaban J connectivity index is 0.000000209. The van der Waals surface area contributed by atoms with E-state index in [-0.39, 0.29) is 29.0 Å². The average Bonchev–Trinajstić information content (AvgIpc) is 2.68. The first kappa shape index (κ1) is 21.8. The topological polar surface area (TPSA) is 107 Å². The van der Waals surface area contributed by atoms with Crippen molar-refractivity contribution in [3.05, 3.63) is 84.4 Å². The molecule has 0 aliphatic rings. The smallest absolute Gasteiger partial charge is 0.217 e. The van der Waals surface area contributed by atoms with Gasteiger partial charge in [-0.15, -0.1) is 0 Å². The molecular formula is C20H20O6S2. The normalized spacial score (nSPS) is 11.0. The predicted molar refractivity (Wildman–Crippen MR) is 107 cm³/mol. The average molecular weight is 421 g/mol. The van der Waals surface area contributed by atoms with Crippen LogP contribution in [0.15, 0.2) is 88.7 Å². The lowest BCUT2D eigenvalue weighted by Gasteiger charge is -2.06. The maximum atomic E-state index is 10.0. The first-order valence-corrected chi connectivity index (χ1v) is 11.1. The van der Waals surface area contributed by atoms with Gasteiger partial charge in [-0.2, -0.15) is 0 Å². The molecule has 6 nitrogen and oxygen atoms in total. The minimum Gasteiger partial charge on any atom is -0.726 e. The van der Waals surface area contributed by atoms with Gasteiger partial charge in [-0.05, 0) is 54.1 Å². The van der Waals surface area contributed by atoms with E-state index in [1.165, 1.54) is 9.79 Å². The molecule has 0 radical (unpaired) electrons. The van der Waals surface area contributed by atoms with Gasteiger partial charge in [0, 0.05) is 0 Å². The van der Waals surface area contributed by atoms with Gasteiger partial charge in [0.25, 0.3) is 0 Å². The van der Waals surface area contributed by atoms with Gasteiger partial charge in [0.05, 0.1) is 17.5 Å². The van der Waals surface area contributed by atoms with Gasteiger partial charge in [0.2, 0.25) is 10.4 Å². The molecule has 0 atom stereocenters.